The van der Waals surface area contributed by atoms with Gasteiger partial charge in [0, 0.05) is 16.9 Å². The van der Waals surface area contributed by atoms with Gasteiger partial charge >= 0.3 is 6.18 Å². The molecule has 6 heteroatoms. The van der Waals surface area contributed by atoms with Crippen LogP contribution < -0.4 is 5.73 Å². The number of hydrogen-bond donors (Lipinski definition) is 1. The molecule has 0 saturated heterocycles. The van der Waals surface area contributed by atoms with Crippen LogP contribution in [0.5, 0.6) is 0 Å². The van der Waals surface area contributed by atoms with Crippen molar-refractivity contribution in [2.75, 3.05) is 0 Å². The van der Waals surface area contributed by atoms with Gasteiger partial charge in [0.05, 0.1) is 0 Å². The van der Waals surface area contributed by atoms with Gasteiger partial charge in [-0.1, -0.05) is 15.9 Å². The lowest BCUT2D eigenvalue weighted by molar-refractivity contribution is -0.136. The average Bonchev–Trinajstić information content (AvgIpc) is 2.20. The smallest absolute Gasteiger partial charge is 0.327 e. The van der Waals surface area contributed by atoms with Gasteiger partial charge in [-0.15, -0.1) is 0 Å². The second-order valence-electron chi connectivity index (χ2n) is 3.85. The maximum atomic E-state index is 12.9. The fourth-order valence-electron chi connectivity index (χ4n) is 1.43. The summed E-state index contributed by atoms with van der Waals surface area (Å²) in [6, 6.07) is 3.43. The minimum Gasteiger partial charge on any atom is -0.327 e. The Kier molecular flexibility index (Phi) is 4.94. The van der Waals surface area contributed by atoms with Crippen molar-refractivity contribution in [2.24, 2.45) is 5.73 Å². The van der Waals surface area contributed by atoms with E-state index in [1.807, 2.05) is 0 Å². The molecule has 2 N–H and O–H groups in total. The third-order valence-electron chi connectivity index (χ3n) is 2.29. The van der Waals surface area contributed by atoms with Crippen molar-refractivity contribution >= 4 is 15.9 Å². The third kappa shape index (κ3) is 5.50. The summed E-state index contributed by atoms with van der Waals surface area (Å²) in [6.45, 7) is 0. The minimum absolute atomic E-state index is 0.160. The molecule has 0 aliphatic carbocycles. The van der Waals surface area contributed by atoms with E-state index < -0.39 is 24.5 Å². The van der Waals surface area contributed by atoms with E-state index in [0.29, 0.717) is 10.0 Å². The Balaban J connectivity index is 2.56. The highest BCUT2D eigenvalue weighted by molar-refractivity contribution is 9.10. The second-order valence-corrected chi connectivity index (χ2v) is 4.71. The summed E-state index contributed by atoms with van der Waals surface area (Å²) in [5.74, 6) is -0.425. The van der Waals surface area contributed by atoms with Crippen LogP contribution in [0, 0.1) is 5.82 Å². The van der Waals surface area contributed by atoms with Crippen molar-refractivity contribution < 1.29 is 17.6 Å². The summed E-state index contributed by atoms with van der Waals surface area (Å²) in [7, 11) is 0. The van der Waals surface area contributed by atoms with Crippen LogP contribution in [0.2, 0.25) is 0 Å². The molecule has 0 aromatic heterocycles. The van der Waals surface area contributed by atoms with Gasteiger partial charge in [0.15, 0.2) is 0 Å². The molecular formula is C11H12BrF4N. The van der Waals surface area contributed by atoms with E-state index in [0.717, 1.165) is 0 Å². The van der Waals surface area contributed by atoms with Gasteiger partial charge in [-0.05, 0) is 36.6 Å². The first kappa shape index (κ1) is 14.4. The molecule has 0 aliphatic rings. The quantitative estimate of drug-likeness (QED) is 0.841. The predicted octanol–water partition coefficient (Wildman–Crippen LogP) is 3.80. The Bertz CT molecular complexity index is 378. The summed E-state index contributed by atoms with van der Waals surface area (Å²) in [5, 5.41) is 0. The molecule has 1 atom stereocenters. The maximum absolute atomic E-state index is 12.9. The molecule has 1 aromatic carbocycles. The molecule has 0 heterocycles. The number of alkyl halides is 3. The molecule has 1 rings (SSSR count). The van der Waals surface area contributed by atoms with Crippen LogP contribution in [0.25, 0.3) is 0 Å². The molecule has 0 spiro atoms. The van der Waals surface area contributed by atoms with E-state index in [2.05, 4.69) is 15.9 Å². The second kappa shape index (κ2) is 5.82. The van der Waals surface area contributed by atoms with E-state index in [9.17, 15) is 17.6 Å². The first-order chi connectivity index (χ1) is 7.78. The zero-order chi connectivity index (χ0) is 13.1. The van der Waals surface area contributed by atoms with E-state index >= 15 is 0 Å². The Labute approximate surface area is 105 Å². The molecule has 0 fully saturated rings. The summed E-state index contributed by atoms with van der Waals surface area (Å²) in [4.78, 5) is 0. The number of halogens is 5. The molecule has 0 amide bonds. The molecule has 0 saturated carbocycles. The first-order valence-corrected chi connectivity index (χ1v) is 5.83. The van der Waals surface area contributed by atoms with Crippen LogP contribution in [0.3, 0.4) is 0 Å². The van der Waals surface area contributed by atoms with Crippen molar-refractivity contribution in [2.45, 2.75) is 31.5 Å². The van der Waals surface area contributed by atoms with Crippen molar-refractivity contribution in [1.29, 1.82) is 0 Å². The highest BCUT2D eigenvalue weighted by Crippen LogP contribution is 2.24. The molecule has 96 valence electrons. The van der Waals surface area contributed by atoms with Gasteiger partial charge in [-0.25, -0.2) is 4.39 Å². The Morgan fingerprint density at radius 1 is 1.29 bits per heavy atom. The third-order valence-corrected chi connectivity index (χ3v) is 3.06. The fourth-order valence-corrected chi connectivity index (χ4v) is 1.84. The van der Waals surface area contributed by atoms with Crippen LogP contribution in [0.1, 0.15) is 18.4 Å². The predicted molar refractivity (Wildman–Crippen MR) is 61.1 cm³/mol. The summed E-state index contributed by atoms with van der Waals surface area (Å²) < 4.78 is 49.5. The Morgan fingerprint density at radius 3 is 2.53 bits per heavy atom. The summed E-state index contributed by atoms with van der Waals surface area (Å²) in [5.41, 5.74) is 6.17. The van der Waals surface area contributed by atoms with Crippen LogP contribution in [-0.2, 0) is 6.42 Å². The van der Waals surface area contributed by atoms with Crippen molar-refractivity contribution in [3.8, 4) is 0 Å². The van der Waals surface area contributed by atoms with E-state index in [-0.39, 0.29) is 12.8 Å². The van der Waals surface area contributed by atoms with Gasteiger partial charge in [0.1, 0.15) is 5.82 Å². The topological polar surface area (TPSA) is 26.0 Å². The van der Waals surface area contributed by atoms with E-state index in [1.54, 1.807) is 0 Å². The molecule has 1 nitrogen and oxygen atoms in total. The summed E-state index contributed by atoms with van der Waals surface area (Å²) >= 11 is 3.21. The molecule has 0 bridgehead atoms. The van der Waals surface area contributed by atoms with Crippen LogP contribution >= 0.6 is 15.9 Å². The first-order valence-electron chi connectivity index (χ1n) is 5.04. The fraction of sp³-hybridized carbons (Fsp3) is 0.455. The lowest BCUT2D eigenvalue weighted by atomic mass is 10.0. The maximum Gasteiger partial charge on any atom is 0.389 e. The highest BCUT2D eigenvalue weighted by atomic mass is 79.9. The monoisotopic (exact) mass is 313 g/mol. The van der Waals surface area contributed by atoms with Gasteiger partial charge in [-0.2, -0.15) is 13.2 Å². The van der Waals surface area contributed by atoms with E-state index in [4.69, 9.17) is 5.73 Å². The standard InChI is InChI=1S/C11H12BrF4N/c12-10-2-1-8(13)5-7(10)6-9(17)3-4-11(14,15)16/h1-2,5,9H,3-4,6,17H2. The van der Waals surface area contributed by atoms with Crippen LogP contribution in [0.4, 0.5) is 17.6 Å². The van der Waals surface area contributed by atoms with Crippen LogP contribution in [0.15, 0.2) is 22.7 Å². The minimum atomic E-state index is -4.20. The molecule has 0 radical (unpaired) electrons. The van der Waals surface area contributed by atoms with Crippen molar-refractivity contribution in [3.05, 3.63) is 34.1 Å². The van der Waals surface area contributed by atoms with Gasteiger partial charge in [0.25, 0.3) is 0 Å². The van der Waals surface area contributed by atoms with Crippen molar-refractivity contribution in [3.63, 3.8) is 0 Å². The lowest BCUT2D eigenvalue weighted by Crippen LogP contribution is -2.25. The average molecular weight is 314 g/mol. The molecule has 1 unspecified atom stereocenters. The van der Waals surface area contributed by atoms with Gasteiger partial charge < -0.3 is 5.73 Å². The molecule has 17 heavy (non-hydrogen) atoms. The SMILES string of the molecule is NC(CCC(F)(F)F)Cc1cc(F)ccc1Br. The number of hydrogen-bond acceptors (Lipinski definition) is 1. The number of rotatable bonds is 4. The normalized spacial score (nSPS) is 13.8. The Morgan fingerprint density at radius 2 is 1.94 bits per heavy atom. The van der Waals surface area contributed by atoms with Gasteiger partial charge in [0.2, 0.25) is 0 Å². The zero-order valence-corrected chi connectivity index (χ0v) is 10.5. The molecule has 1 aromatic rings. The summed E-state index contributed by atoms with van der Waals surface area (Å²) in [6.07, 6.45) is -5.06. The number of benzene rings is 1. The lowest BCUT2D eigenvalue weighted by Gasteiger charge is -2.14. The van der Waals surface area contributed by atoms with Crippen LogP contribution in [-0.4, -0.2) is 12.2 Å². The molecular weight excluding hydrogens is 302 g/mol. The molecule has 0 aliphatic heterocycles. The zero-order valence-electron chi connectivity index (χ0n) is 8.90. The van der Waals surface area contributed by atoms with Gasteiger partial charge in [-0.3, -0.25) is 0 Å². The van der Waals surface area contributed by atoms with Crippen molar-refractivity contribution in [1.82, 2.24) is 0 Å². The highest BCUT2D eigenvalue weighted by Gasteiger charge is 2.27. The Hall–Kier alpha value is -0.620. The largest absolute Gasteiger partial charge is 0.389 e. The van der Waals surface area contributed by atoms with E-state index in [1.165, 1.54) is 18.2 Å². The number of nitrogens with two attached hydrogens (primary N) is 1.